The summed E-state index contributed by atoms with van der Waals surface area (Å²) in [5.41, 5.74) is 1.19. The predicted octanol–water partition coefficient (Wildman–Crippen LogP) is 4.06. The molecule has 5 nitrogen and oxygen atoms in total. The van der Waals surface area contributed by atoms with Gasteiger partial charge in [-0.15, -0.1) is 11.3 Å². The van der Waals surface area contributed by atoms with Gasteiger partial charge in [-0.2, -0.15) is 0 Å². The zero-order chi connectivity index (χ0) is 17.9. The van der Waals surface area contributed by atoms with Gasteiger partial charge < -0.3 is 9.47 Å². The lowest BCUT2D eigenvalue weighted by atomic mass is 9.97. The molecule has 1 aliphatic rings. The monoisotopic (exact) mass is 386 g/mol. The number of aromatic nitrogens is 3. The van der Waals surface area contributed by atoms with Crippen LogP contribution in [0.25, 0.3) is 0 Å². The maximum Gasteiger partial charge on any atom is 0.263 e. The molecule has 1 aliphatic heterocycles. The van der Waals surface area contributed by atoms with Gasteiger partial charge in [-0.25, -0.2) is 4.98 Å². The van der Waals surface area contributed by atoms with Crippen LogP contribution in [0, 0.1) is 0 Å². The molecular weight excluding hydrogens is 368 g/mol. The highest BCUT2D eigenvalue weighted by Crippen LogP contribution is 2.29. The summed E-state index contributed by atoms with van der Waals surface area (Å²) in [5, 5.41) is 0. The Morgan fingerprint density at radius 3 is 2.85 bits per heavy atom. The third-order valence-corrected chi connectivity index (χ3v) is 5.93. The zero-order valence-electron chi connectivity index (χ0n) is 14.2. The molecule has 0 aromatic carbocycles. The third-order valence-electron chi connectivity index (χ3n) is 4.71. The zero-order valence-corrected chi connectivity index (χ0v) is 15.8. The first-order valence-corrected chi connectivity index (χ1v) is 9.84. The molecule has 7 heteroatoms. The fraction of sp³-hybridized carbons (Fsp3) is 0.316. The van der Waals surface area contributed by atoms with Crippen LogP contribution in [0.4, 0.5) is 0 Å². The number of carbonyl (C=O) groups excluding carboxylic acids is 1. The number of thiophene rings is 1. The van der Waals surface area contributed by atoms with Crippen molar-refractivity contribution in [3.05, 3.63) is 69.7 Å². The highest BCUT2D eigenvalue weighted by molar-refractivity contribution is 7.17. The summed E-state index contributed by atoms with van der Waals surface area (Å²) >= 11 is 7.32. The fourth-order valence-electron chi connectivity index (χ4n) is 3.46. The van der Waals surface area contributed by atoms with E-state index in [4.69, 9.17) is 11.6 Å². The Labute approximate surface area is 161 Å². The van der Waals surface area contributed by atoms with Crippen molar-refractivity contribution in [2.75, 3.05) is 13.1 Å². The van der Waals surface area contributed by atoms with E-state index in [1.807, 2.05) is 35.5 Å². The first-order chi connectivity index (χ1) is 12.7. The van der Waals surface area contributed by atoms with Crippen molar-refractivity contribution >= 4 is 28.8 Å². The van der Waals surface area contributed by atoms with E-state index in [1.165, 1.54) is 16.9 Å². The lowest BCUT2D eigenvalue weighted by Crippen LogP contribution is -2.39. The molecule has 0 spiro atoms. The number of pyridine rings is 1. The SMILES string of the molecule is O=C(c1ccc(Cl)s1)N1CCC[C@@H](c2nccn2Cc2ccncc2)C1. The minimum absolute atomic E-state index is 0.0684. The lowest BCUT2D eigenvalue weighted by Gasteiger charge is -2.32. The molecule has 0 radical (unpaired) electrons. The number of nitrogens with zero attached hydrogens (tertiary/aromatic N) is 4. The smallest absolute Gasteiger partial charge is 0.263 e. The maximum absolute atomic E-state index is 12.7. The van der Waals surface area contributed by atoms with Crippen molar-refractivity contribution in [2.45, 2.75) is 25.3 Å². The van der Waals surface area contributed by atoms with Gasteiger partial charge >= 0.3 is 0 Å². The predicted molar refractivity (Wildman–Crippen MR) is 103 cm³/mol. The largest absolute Gasteiger partial charge is 0.337 e. The molecule has 0 saturated carbocycles. The minimum Gasteiger partial charge on any atom is -0.337 e. The summed E-state index contributed by atoms with van der Waals surface area (Å²) in [7, 11) is 0. The van der Waals surface area contributed by atoms with Gasteiger partial charge in [-0.05, 0) is 42.7 Å². The van der Waals surface area contributed by atoms with Gasteiger partial charge in [0.1, 0.15) is 5.82 Å². The molecular formula is C19H19ClN4OS. The molecule has 3 aromatic rings. The van der Waals surface area contributed by atoms with E-state index < -0.39 is 0 Å². The van der Waals surface area contributed by atoms with Crippen molar-refractivity contribution < 1.29 is 4.79 Å². The normalized spacial score (nSPS) is 17.4. The second kappa shape index (κ2) is 7.60. The number of rotatable bonds is 4. The van der Waals surface area contributed by atoms with Crippen molar-refractivity contribution in [2.24, 2.45) is 0 Å². The summed E-state index contributed by atoms with van der Waals surface area (Å²) in [4.78, 5) is 24.1. The maximum atomic E-state index is 12.7. The fourth-order valence-corrected chi connectivity index (χ4v) is 4.47. The van der Waals surface area contributed by atoms with Gasteiger partial charge in [0.15, 0.2) is 0 Å². The molecule has 4 heterocycles. The number of carbonyl (C=O) groups is 1. The van der Waals surface area contributed by atoms with Crippen LogP contribution >= 0.6 is 22.9 Å². The molecule has 1 amide bonds. The van der Waals surface area contributed by atoms with Crippen LogP contribution in [-0.2, 0) is 6.54 Å². The standard InChI is InChI=1S/C19H19ClN4OS/c20-17-4-3-16(26-17)19(25)24-10-1-2-15(13-24)18-22-9-11-23(18)12-14-5-7-21-8-6-14/h3-9,11,15H,1-2,10,12-13H2/t15-/m1/s1. The lowest BCUT2D eigenvalue weighted by molar-refractivity contribution is 0.0708. The molecule has 0 N–H and O–H groups in total. The van der Waals surface area contributed by atoms with E-state index >= 15 is 0 Å². The molecule has 1 fully saturated rings. The highest BCUT2D eigenvalue weighted by Gasteiger charge is 2.28. The number of piperidine rings is 1. The van der Waals surface area contributed by atoms with Crippen LogP contribution in [0.2, 0.25) is 4.34 Å². The Kier molecular flexibility index (Phi) is 5.04. The van der Waals surface area contributed by atoms with Gasteiger partial charge in [-0.3, -0.25) is 9.78 Å². The van der Waals surface area contributed by atoms with Crippen LogP contribution in [0.3, 0.4) is 0 Å². The molecule has 134 valence electrons. The topological polar surface area (TPSA) is 51.0 Å². The minimum atomic E-state index is 0.0684. The van der Waals surface area contributed by atoms with Crippen molar-refractivity contribution in [1.82, 2.24) is 19.4 Å². The molecule has 1 saturated heterocycles. The summed E-state index contributed by atoms with van der Waals surface area (Å²) in [6, 6.07) is 7.62. The molecule has 0 unspecified atom stereocenters. The van der Waals surface area contributed by atoms with Gasteiger partial charge in [0, 0.05) is 50.3 Å². The first-order valence-electron chi connectivity index (χ1n) is 8.65. The van der Waals surface area contributed by atoms with Gasteiger partial charge in [-0.1, -0.05) is 11.6 Å². The molecule has 1 atom stereocenters. The summed E-state index contributed by atoms with van der Waals surface area (Å²) < 4.78 is 2.82. The Bertz CT molecular complexity index is 892. The van der Waals surface area contributed by atoms with E-state index in [2.05, 4.69) is 14.5 Å². The summed E-state index contributed by atoms with van der Waals surface area (Å²) in [6.45, 7) is 2.25. The Balaban J connectivity index is 1.50. The van der Waals surface area contributed by atoms with Crippen LogP contribution in [0.15, 0.2) is 49.1 Å². The number of hydrogen-bond acceptors (Lipinski definition) is 4. The van der Waals surface area contributed by atoms with E-state index in [1.54, 1.807) is 18.5 Å². The molecule has 26 heavy (non-hydrogen) atoms. The van der Waals surface area contributed by atoms with E-state index in [-0.39, 0.29) is 11.8 Å². The van der Waals surface area contributed by atoms with E-state index in [0.29, 0.717) is 15.8 Å². The van der Waals surface area contributed by atoms with E-state index in [0.717, 1.165) is 31.8 Å². The van der Waals surface area contributed by atoms with Gasteiger partial charge in [0.05, 0.1) is 9.21 Å². The Morgan fingerprint density at radius 2 is 2.08 bits per heavy atom. The number of hydrogen-bond donors (Lipinski definition) is 0. The van der Waals surface area contributed by atoms with Crippen LogP contribution in [-0.4, -0.2) is 38.4 Å². The Morgan fingerprint density at radius 1 is 1.23 bits per heavy atom. The van der Waals surface area contributed by atoms with Crippen LogP contribution in [0.1, 0.15) is 39.8 Å². The summed E-state index contributed by atoms with van der Waals surface area (Å²) in [5.74, 6) is 1.36. The average molecular weight is 387 g/mol. The van der Waals surface area contributed by atoms with Crippen molar-refractivity contribution in [3.8, 4) is 0 Å². The molecule has 0 aliphatic carbocycles. The van der Waals surface area contributed by atoms with Crippen LogP contribution < -0.4 is 0 Å². The quantitative estimate of drug-likeness (QED) is 0.679. The third kappa shape index (κ3) is 3.66. The van der Waals surface area contributed by atoms with Gasteiger partial charge in [0.25, 0.3) is 5.91 Å². The molecule has 4 rings (SSSR count). The second-order valence-corrected chi connectivity index (χ2v) is 8.18. The number of halogens is 1. The highest BCUT2D eigenvalue weighted by atomic mass is 35.5. The number of likely N-dealkylation sites (tertiary alicyclic amines) is 1. The Hall–Kier alpha value is -2.18. The number of amides is 1. The van der Waals surface area contributed by atoms with Crippen LogP contribution in [0.5, 0.6) is 0 Å². The molecule has 3 aromatic heterocycles. The molecule has 0 bridgehead atoms. The van der Waals surface area contributed by atoms with E-state index in [9.17, 15) is 4.79 Å². The average Bonchev–Trinajstić information content (AvgIpc) is 3.31. The van der Waals surface area contributed by atoms with Gasteiger partial charge in [0.2, 0.25) is 0 Å². The summed E-state index contributed by atoms with van der Waals surface area (Å²) in [6.07, 6.45) is 9.49. The van der Waals surface area contributed by atoms with Crippen molar-refractivity contribution in [3.63, 3.8) is 0 Å². The number of imidazole rings is 1. The van der Waals surface area contributed by atoms with Crippen molar-refractivity contribution in [1.29, 1.82) is 0 Å². The second-order valence-electron chi connectivity index (χ2n) is 6.46. The first kappa shape index (κ1) is 17.2.